The van der Waals surface area contributed by atoms with Gasteiger partial charge in [0.1, 0.15) is 5.82 Å². The number of fused-ring (bicyclic) bond motifs is 1. The number of aryl methyl sites for hydroxylation is 1. The fourth-order valence-electron chi connectivity index (χ4n) is 3.26. The van der Waals surface area contributed by atoms with Crippen LogP contribution >= 0.6 is 0 Å². The van der Waals surface area contributed by atoms with Gasteiger partial charge >= 0.3 is 0 Å². The smallest absolute Gasteiger partial charge is 0.260 e. The highest BCUT2D eigenvalue weighted by atomic mass is 32.2. The van der Waals surface area contributed by atoms with Crippen molar-refractivity contribution in [2.45, 2.75) is 23.8 Å². The Balaban J connectivity index is 1.66. The van der Waals surface area contributed by atoms with Crippen molar-refractivity contribution >= 4 is 15.7 Å². The molecular formula is C15H18N6O2S. The molecule has 0 saturated carbocycles. The molecule has 1 aliphatic rings. The second-order valence-electron chi connectivity index (χ2n) is 5.98. The SMILES string of the molecule is Cn1nccc1S(=O)(=O)N1CCC[C@@H](c2nnc3ccccn23)C1. The number of pyridine rings is 1. The molecule has 3 aromatic heterocycles. The number of nitrogens with zero attached hydrogens (tertiary/aromatic N) is 6. The molecule has 126 valence electrons. The van der Waals surface area contributed by atoms with Crippen LogP contribution in [0.1, 0.15) is 24.6 Å². The molecule has 0 spiro atoms. The Morgan fingerprint density at radius 3 is 2.88 bits per heavy atom. The van der Waals surface area contributed by atoms with Crippen LogP contribution < -0.4 is 0 Å². The first-order valence-corrected chi connectivity index (χ1v) is 9.29. The van der Waals surface area contributed by atoms with E-state index in [4.69, 9.17) is 0 Å². The topological polar surface area (TPSA) is 85.4 Å². The summed E-state index contributed by atoms with van der Waals surface area (Å²) < 4.78 is 30.6. The van der Waals surface area contributed by atoms with Crippen LogP contribution in [-0.2, 0) is 17.1 Å². The molecule has 0 N–H and O–H groups in total. The summed E-state index contributed by atoms with van der Waals surface area (Å²) in [5.41, 5.74) is 0.777. The van der Waals surface area contributed by atoms with E-state index in [-0.39, 0.29) is 10.9 Å². The largest absolute Gasteiger partial charge is 0.286 e. The molecule has 1 fully saturated rings. The minimum atomic E-state index is -3.55. The van der Waals surface area contributed by atoms with Gasteiger partial charge in [0.15, 0.2) is 10.7 Å². The Hall–Kier alpha value is -2.26. The van der Waals surface area contributed by atoms with E-state index in [9.17, 15) is 8.42 Å². The number of aromatic nitrogens is 5. The van der Waals surface area contributed by atoms with Crippen molar-refractivity contribution in [1.29, 1.82) is 0 Å². The molecule has 3 aromatic rings. The highest BCUT2D eigenvalue weighted by Crippen LogP contribution is 2.29. The van der Waals surface area contributed by atoms with Gasteiger partial charge in [-0.25, -0.2) is 8.42 Å². The van der Waals surface area contributed by atoms with Crippen LogP contribution in [0, 0.1) is 0 Å². The highest BCUT2D eigenvalue weighted by molar-refractivity contribution is 7.89. The first-order valence-electron chi connectivity index (χ1n) is 7.85. The van der Waals surface area contributed by atoms with Crippen LogP contribution in [0.5, 0.6) is 0 Å². The van der Waals surface area contributed by atoms with Gasteiger partial charge in [0.25, 0.3) is 10.0 Å². The number of hydrogen-bond donors (Lipinski definition) is 0. The Kier molecular flexibility index (Phi) is 3.61. The molecule has 1 aliphatic heterocycles. The Bertz CT molecular complexity index is 977. The van der Waals surface area contributed by atoms with Gasteiger partial charge < -0.3 is 0 Å². The lowest BCUT2D eigenvalue weighted by Gasteiger charge is -2.30. The number of piperidine rings is 1. The van der Waals surface area contributed by atoms with E-state index in [1.807, 2.05) is 28.8 Å². The van der Waals surface area contributed by atoms with E-state index in [1.54, 1.807) is 7.05 Å². The molecule has 24 heavy (non-hydrogen) atoms. The third-order valence-corrected chi connectivity index (χ3v) is 6.41. The fourth-order valence-corrected chi connectivity index (χ4v) is 4.88. The van der Waals surface area contributed by atoms with Gasteiger partial charge in [0.05, 0.1) is 6.20 Å². The minimum absolute atomic E-state index is 0.0270. The predicted octanol–water partition coefficient (Wildman–Crippen LogP) is 1.03. The molecule has 0 bridgehead atoms. The van der Waals surface area contributed by atoms with Gasteiger partial charge in [0, 0.05) is 32.3 Å². The standard InChI is InChI=1S/C15H18N6O2S/c1-19-14(7-8-16-19)24(22,23)20-9-4-5-12(11-20)15-18-17-13-6-2-3-10-21(13)15/h2-3,6-8,10,12H,4-5,9,11H2,1H3/t12-/m1/s1. The van der Waals surface area contributed by atoms with Crippen LogP contribution in [0.25, 0.3) is 5.65 Å². The Morgan fingerprint density at radius 1 is 1.21 bits per heavy atom. The van der Waals surface area contributed by atoms with Crippen molar-refractivity contribution in [2.75, 3.05) is 13.1 Å². The molecule has 0 unspecified atom stereocenters. The third kappa shape index (κ3) is 2.40. The highest BCUT2D eigenvalue weighted by Gasteiger charge is 2.34. The molecule has 1 saturated heterocycles. The van der Waals surface area contributed by atoms with Crippen LogP contribution in [0.4, 0.5) is 0 Å². The lowest BCUT2D eigenvalue weighted by molar-refractivity contribution is 0.306. The van der Waals surface area contributed by atoms with Gasteiger partial charge in [0.2, 0.25) is 0 Å². The van der Waals surface area contributed by atoms with Gasteiger partial charge in [-0.2, -0.15) is 9.40 Å². The number of rotatable bonds is 3. The molecule has 1 atom stereocenters. The summed E-state index contributed by atoms with van der Waals surface area (Å²) in [5.74, 6) is 0.842. The maximum atomic E-state index is 12.9. The zero-order chi connectivity index (χ0) is 16.7. The second-order valence-corrected chi connectivity index (χ2v) is 7.87. The average molecular weight is 346 g/mol. The first-order chi connectivity index (χ1) is 11.6. The van der Waals surface area contributed by atoms with Crippen molar-refractivity contribution in [3.05, 3.63) is 42.5 Å². The Morgan fingerprint density at radius 2 is 2.08 bits per heavy atom. The van der Waals surface area contributed by atoms with E-state index in [2.05, 4.69) is 15.3 Å². The molecule has 8 nitrogen and oxygen atoms in total. The zero-order valence-corrected chi connectivity index (χ0v) is 14.1. The molecule has 4 rings (SSSR count). The van der Waals surface area contributed by atoms with Crippen LogP contribution in [-0.4, -0.2) is 50.2 Å². The number of hydrogen-bond acceptors (Lipinski definition) is 5. The number of sulfonamides is 1. The van der Waals surface area contributed by atoms with E-state index >= 15 is 0 Å². The lowest BCUT2D eigenvalue weighted by atomic mass is 9.99. The molecule has 0 radical (unpaired) electrons. The second kappa shape index (κ2) is 5.67. The monoisotopic (exact) mass is 346 g/mol. The van der Waals surface area contributed by atoms with E-state index in [1.165, 1.54) is 21.3 Å². The normalized spacial score (nSPS) is 19.8. The average Bonchev–Trinajstić information content (AvgIpc) is 3.21. The van der Waals surface area contributed by atoms with Crippen molar-refractivity contribution in [3.8, 4) is 0 Å². The summed E-state index contributed by atoms with van der Waals surface area (Å²) >= 11 is 0. The van der Waals surface area contributed by atoms with Crippen LogP contribution in [0.2, 0.25) is 0 Å². The molecule has 4 heterocycles. The van der Waals surface area contributed by atoms with E-state index in [0.29, 0.717) is 13.1 Å². The van der Waals surface area contributed by atoms with Gasteiger partial charge in [-0.3, -0.25) is 9.08 Å². The van der Waals surface area contributed by atoms with Crippen molar-refractivity contribution in [1.82, 2.24) is 28.7 Å². The van der Waals surface area contributed by atoms with Crippen molar-refractivity contribution < 1.29 is 8.42 Å². The molecule has 0 aliphatic carbocycles. The van der Waals surface area contributed by atoms with Crippen LogP contribution in [0.15, 0.2) is 41.7 Å². The lowest BCUT2D eigenvalue weighted by Crippen LogP contribution is -2.40. The third-order valence-electron chi connectivity index (χ3n) is 4.47. The maximum Gasteiger partial charge on any atom is 0.260 e. The summed E-state index contributed by atoms with van der Waals surface area (Å²) in [6.45, 7) is 0.921. The minimum Gasteiger partial charge on any atom is -0.286 e. The predicted molar refractivity (Wildman–Crippen MR) is 86.9 cm³/mol. The quantitative estimate of drug-likeness (QED) is 0.707. The summed E-state index contributed by atoms with van der Waals surface area (Å²) in [5, 5.41) is 12.7. The fraction of sp³-hybridized carbons (Fsp3) is 0.400. The van der Waals surface area contributed by atoms with Crippen molar-refractivity contribution in [2.24, 2.45) is 7.05 Å². The van der Waals surface area contributed by atoms with Gasteiger partial charge in [-0.05, 0) is 31.0 Å². The maximum absolute atomic E-state index is 12.9. The molecule has 9 heteroatoms. The molecule has 0 amide bonds. The summed E-state index contributed by atoms with van der Waals surface area (Å²) in [6.07, 6.45) is 5.11. The molecular weight excluding hydrogens is 328 g/mol. The van der Waals surface area contributed by atoms with E-state index in [0.717, 1.165) is 24.3 Å². The first kappa shape index (κ1) is 15.3. The summed E-state index contributed by atoms with van der Waals surface area (Å²) in [4.78, 5) is 0. The van der Waals surface area contributed by atoms with Crippen LogP contribution in [0.3, 0.4) is 0 Å². The van der Waals surface area contributed by atoms with Gasteiger partial charge in [-0.15, -0.1) is 10.2 Å². The van der Waals surface area contributed by atoms with Gasteiger partial charge in [-0.1, -0.05) is 6.07 Å². The Labute approximate surface area is 139 Å². The van der Waals surface area contributed by atoms with Crippen molar-refractivity contribution in [3.63, 3.8) is 0 Å². The zero-order valence-electron chi connectivity index (χ0n) is 13.3. The molecule has 0 aromatic carbocycles. The van der Waals surface area contributed by atoms with E-state index < -0.39 is 10.0 Å². The summed E-state index contributed by atoms with van der Waals surface area (Å²) in [6, 6.07) is 7.26. The summed E-state index contributed by atoms with van der Waals surface area (Å²) in [7, 11) is -1.91.